The molecule has 2 bridgehead atoms. The SMILES string of the molecule is CC(=O)N[C@H]1CCC2(CCN([C@@H]3CC4CC[C@@H]3C4)CC2)c2ccccc21. The van der Waals surface area contributed by atoms with E-state index in [0.29, 0.717) is 5.41 Å². The van der Waals surface area contributed by atoms with Gasteiger partial charge in [-0.3, -0.25) is 4.79 Å². The molecule has 5 rings (SSSR count). The minimum absolute atomic E-state index is 0.0897. The molecule has 1 spiro atoms. The summed E-state index contributed by atoms with van der Waals surface area (Å²) in [4.78, 5) is 14.5. The van der Waals surface area contributed by atoms with Gasteiger partial charge in [0.1, 0.15) is 0 Å². The summed E-state index contributed by atoms with van der Waals surface area (Å²) in [6.45, 7) is 4.18. The summed E-state index contributed by atoms with van der Waals surface area (Å²) in [6.07, 6.45) is 10.9. The fourth-order valence-corrected chi connectivity index (χ4v) is 6.85. The number of rotatable bonds is 2. The molecule has 1 unspecified atom stereocenters. The van der Waals surface area contributed by atoms with E-state index in [-0.39, 0.29) is 11.9 Å². The molecule has 1 aliphatic heterocycles. The van der Waals surface area contributed by atoms with E-state index >= 15 is 0 Å². The van der Waals surface area contributed by atoms with Crippen LogP contribution in [-0.4, -0.2) is 29.9 Å². The average Bonchev–Trinajstić information content (AvgIpc) is 3.28. The predicted molar refractivity (Wildman–Crippen MR) is 104 cm³/mol. The van der Waals surface area contributed by atoms with Crippen molar-refractivity contribution in [2.75, 3.05) is 13.1 Å². The fourth-order valence-electron chi connectivity index (χ4n) is 6.85. The maximum atomic E-state index is 11.6. The molecule has 3 aliphatic carbocycles. The third kappa shape index (κ3) is 2.70. The van der Waals surface area contributed by atoms with Crippen molar-refractivity contribution in [3.05, 3.63) is 35.4 Å². The van der Waals surface area contributed by atoms with Gasteiger partial charge in [0.05, 0.1) is 6.04 Å². The van der Waals surface area contributed by atoms with E-state index in [2.05, 4.69) is 34.5 Å². The van der Waals surface area contributed by atoms with Crippen LogP contribution in [0.15, 0.2) is 24.3 Å². The molecule has 1 aromatic rings. The van der Waals surface area contributed by atoms with E-state index in [1.54, 1.807) is 6.92 Å². The van der Waals surface area contributed by atoms with Gasteiger partial charge in [-0.05, 0) is 86.4 Å². The Morgan fingerprint density at radius 1 is 1.08 bits per heavy atom. The summed E-state index contributed by atoms with van der Waals surface area (Å²) < 4.78 is 0. The molecule has 140 valence electrons. The lowest BCUT2D eigenvalue weighted by molar-refractivity contribution is -0.119. The first-order valence-electron chi connectivity index (χ1n) is 10.8. The second-order valence-electron chi connectivity index (χ2n) is 9.44. The van der Waals surface area contributed by atoms with Crippen LogP contribution in [0.5, 0.6) is 0 Å². The van der Waals surface area contributed by atoms with Gasteiger partial charge in [0, 0.05) is 13.0 Å². The standard InChI is InChI=1S/C23H32N2O/c1-16(26)24-21-8-9-23(20-5-3-2-4-19(20)21)10-12-25(13-11-23)22-15-17-6-7-18(22)14-17/h2-5,17-18,21-22H,6-15H2,1H3,(H,24,26)/t17?,18-,21+,22-/m1/s1. The normalized spacial score (nSPS) is 35.4. The van der Waals surface area contributed by atoms with Crippen molar-refractivity contribution in [2.45, 2.75) is 75.8 Å². The number of hydrogen-bond donors (Lipinski definition) is 1. The molecule has 1 N–H and O–H groups in total. The quantitative estimate of drug-likeness (QED) is 0.866. The van der Waals surface area contributed by atoms with Gasteiger partial charge in [0.25, 0.3) is 0 Å². The summed E-state index contributed by atoms with van der Waals surface area (Å²) in [5, 5.41) is 3.18. The summed E-state index contributed by atoms with van der Waals surface area (Å²) in [5.74, 6) is 2.12. The van der Waals surface area contributed by atoms with Gasteiger partial charge in [0.15, 0.2) is 0 Å². The van der Waals surface area contributed by atoms with Gasteiger partial charge < -0.3 is 10.2 Å². The first-order valence-corrected chi connectivity index (χ1v) is 10.8. The maximum Gasteiger partial charge on any atom is 0.217 e. The lowest BCUT2D eigenvalue weighted by Gasteiger charge is -2.49. The van der Waals surface area contributed by atoms with Crippen LogP contribution in [0.25, 0.3) is 0 Å². The highest BCUT2D eigenvalue weighted by atomic mass is 16.1. The zero-order valence-electron chi connectivity index (χ0n) is 16.0. The second kappa shape index (κ2) is 6.37. The largest absolute Gasteiger partial charge is 0.350 e. The molecular weight excluding hydrogens is 320 g/mol. The van der Waals surface area contributed by atoms with E-state index in [0.717, 1.165) is 24.3 Å². The molecule has 0 aromatic heterocycles. The summed E-state index contributed by atoms with van der Waals surface area (Å²) in [6, 6.07) is 10.0. The van der Waals surface area contributed by atoms with Crippen molar-refractivity contribution in [2.24, 2.45) is 11.8 Å². The van der Waals surface area contributed by atoms with Crippen LogP contribution in [0.1, 0.15) is 75.5 Å². The Balaban J connectivity index is 1.34. The van der Waals surface area contributed by atoms with Gasteiger partial charge in [-0.15, -0.1) is 0 Å². The summed E-state index contributed by atoms with van der Waals surface area (Å²) in [7, 11) is 0. The lowest BCUT2D eigenvalue weighted by atomic mass is 9.63. The first kappa shape index (κ1) is 16.8. The molecule has 1 amide bonds. The molecule has 1 heterocycles. The van der Waals surface area contributed by atoms with E-state index in [1.165, 1.54) is 69.2 Å². The predicted octanol–water partition coefficient (Wildman–Crippen LogP) is 4.18. The van der Waals surface area contributed by atoms with E-state index in [4.69, 9.17) is 0 Å². The Hall–Kier alpha value is -1.35. The van der Waals surface area contributed by atoms with Gasteiger partial charge in [-0.1, -0.05) is 30.7 Å². The number of fused-ring (bicyclic) bond motifs is 4. The van der Waals surface area contributed by atoms with Crippen LogP contribution in [-0.2, 0) is 10.2 Å². The third-order valence-electron chi connectivity index (χ3n) is 8.12. The van der Waals surface area contributed by atoms with E-state index in [9.17, 15) is 4.79 Å². The Morgan fingerprint density at radius 2 is 1.88 bits per heavy atom. The Bertz CT molecular complexity index is 691. The van der Waals surface area contributed by atoms with Crippen LogP contribution >= 0.6 is 0 Å². The van der Waals surface area contributed by atoms with Crippen LogP contribution in [0.2, 0.25) is 0 Å². The highest BCUT2D eigenvalue weighted by molar-refractivity contribution is 5.73. The zero-order chi connectivity index (χ0) is 17.7. The molecule has 3 nitrogen and oxygen atoms in total. The highest BCUT2D eigenvalue weighted by Crippen LogP contribution is 2.51. The number of carbonyl (C=O) groups is 1. The summed E-state index contributed by atoms with van der Waals surface area (Å²) >= 11 is 0. The Kier molecular flexibility index (Phi) is 4.11. The van der Waals surface area contributed by atoms with Crippen LogP contribution in [0, 0.1) is 11.8 Å². The molecule has 4 atom stereocenters. The summed E-state index contributed by atoms with van der Waals surface area (Å²) in [5.41, 5.74) is 3.25. The van der Waals surface area contributed by atoms with Gasteiger partial charge in [0.2, 0.25) is 5.91 Å². The van der Waals surface area contributed by atoms with Crippen molar-refractivity contribution in [3.8, 4) is 0 Å². The number of nitrogens with one attached hydrogen (secondary N) is 1. The molecular formula is C23H32N2O. The highest BCUT2D eigenvalue weighted by Gasteiger charge is 2.47. The molecule has 2 saturated carbocycles. The zero-order valence-corrected chi connectivity index (χ0v) is 16.0. The van der Waals surface area contributed by atoms with Crippen LogP contribution in [0.3, 0.4) is 0 Å². The third-order valence-corrected chi connectivity index (χ3v) is 8.12. The first-order chi connectivity index (χ1) is 12.6. The fraction of sp³-hybridized carbons (Fsp3) is 0.696. The molecule has 1 aromatic carbocycles. The van der Waals surface area contributed by atoms with Gasteiger partial charge in [-0.2, -0.15) is 0 Å². The number of nitrogens with zero attached hydrogens (tertiary/aromatic N) is 1. The van der Waals surface area contributed by atoms with Crippen LogP contribution in [0.4, 0.5) is 0 Å². The van der Waals surface area contributed by atoms with E-state index in [1.807, 2.05) is 0 Å². The smallest absolute Gasteiger partial charge is 0.217 e. The Morgan fingerprint density at radius 3 is 2.58 bits per heavy atom. The van der Waals surface area contributed by atoms with Gasteiger partial charge >= 0.3 is 0 Å². The van der Waals surface area contributed by atoms with Crippen molar-refractivity contribution in [3.63, 3.8) is 0 Å². The molecule has 4 aliphatic rings. The number of amides is 1. The van der Waals surface area contributed by atoms with Crippen molar-refractivity contribution < 1.29 is 4.79 Å². The number of hydrogen-bond acceptors (Lipinski definition) is 2. The van der Waals surface area contributed by atoms with Crippen molar-refractivity contribution >= 4 is 5.91 Å². The number of carbonyl (C=O) groups excluding carboxylic acids is 1. The van der Waals surface area contributed by atoms with Crippen molar-refractivity contribution in [1.82, 2.24) is 10.2 Å². The molecule has 0 radical (unpaired) electrons. The minimum Gasteiger partial charge on any atom is -0.350 e. The molecule has 26 heavy (non-hydrogen) atoms. The average molecular weight is 353 g/mol. The topological polar surface area (TPSA) is 32.3 Å². The minimum atomic E-state index is 0.0897. The number of benzene rings is 1. The number of piperidine rings is 1. The molecule has 3 fully saturated rings. The number of likely N-dealkylation sites (tertiary alicyclic amines) is 1. The lowest BCUT2D eigenvalue weighted by Crippen LogP contribution is -2.50. The van der Waals surface area contributed by atoms with E-state index < -0.39 is 0 Å². The molecule has 3 heteroatoms. The Labute approximate surface area is 157 Å². The second-order valence-corrected chi connectivity index (χ2v) is 9.44. The monoisotopic (exact) mass is 352 g/mol. The van der Waals surface area contributed by atoms with Gasteiger partial charge in [-0.25, -0.2) is 0 Å². The molecule has 1 saturated heterocycles. The van der Waals surface area contributed by atoms with Crippen molar-refractivity contribution in [1.29, 1.82) is 0 Å². The maximum absolute atomic E-state index is 11.6. The van der Waals surface area contributed by atoms with Crippen LogP contribution < -0.4 is 5.32 Å².